The van der Waals surface area contributed by atoms with E-state index in [1.165, 1.54) is 16.9 Å². The van der Waals surface area contributed by atoms with Crippen molar-refractivity contribution in [1.29, 1.82) is 0 Å². The molecule has 1 unspecified atom stereocenters. The number of amides is 2. The number of aryl methyl sites for hydroxylation is 1. The molecule has 0 bridgehead atoms. The second-order valence-electron chi connectivity index (χ2n) is 8.22. The van der Waals surface area contributed by atoms with Crippen molar-refractivity contribution in [3.63, 3.8) is 0 Å². The molecule has 8 heteroatoms. The predicted octanol–water partition coefficient (Wildman–Crippen LogP) is 2.34. The van der Waals surface area contributed by atoms with E-state index in [1.807, 2.05) is 24.4 Å². The van der Waals surface area contributed by atoms with Gasteiger partial charge < -0.3 is 10.6 Å². The first-order chi connectivity index (χ1) is 14.5. The van der Waals surface area contributed by atoms with E-state index in [0.717, 1.165) is 50.3 Å². The highest BCUT2D eigenvalue weighted by Crippen LogP contribution is 2.25. The largest absolute Gasteiger partial charge is 0.352 e. The molecule has 2 fully saturated rings. The molecule has 160 valence electrons. The Morgan fingerprint density at radius 2 is 1.87 bits per heavy atom. The summed E-state index contributed by atoms with van der Waals surface area (Å²) in [4.78, 5) is 33.6. The molecule has 1 atom stereocenters. The van der Waals surface area contributed by atoms with Crippen LogP contribution in [0.2, 0.25) is 0 Å². The van der Waals surface area contributed by atoms with E-state index in [0.29, 0.717) is 17.7 Å². The number of piperazine rings is 1. The van der Waals surface area contributed by atoms with Gasteiger partial charge in [0, 0.05) is 43.2 Å². The summed E-state index contributed by atoms with van der Waals surface area (Å²) in [5.74, 6) is 0.0737. The smallest absolute Gasteiger partial charge is 0.240 e. The zero-order valence-corrected chi connectivity index (χ0v) is 18.4. The maximum absolute atomic E-state index is 12.5. The lowest BCUT2D eigenvalue weighted by molar-refractivity contribution is -0.127. The number of nitrogens with zero attached hydrogens (tertiary/aromatic N) is 3. The third-order valence-electron chi connectivity index (χ3n) is 5.72. The zero-order chi connectivity index (χ0) is 21.1. The summed E-state index contributed by atoms with van der Waals surface area (Å²) < 4.78 is 0. The molecule has 0 radical (unpaired) electrons. The maximum atomic E-state index is 12.5. The van der Waals surface area contributed by atoms with Crippen molar-refractivity contribution < 1.29 is 9.59 Å². The van der Waals surface area contributed by atoms with Crippen LogP contribution in [0.1, 0.15) is 25.3 Å². The molecule has 30 heavy (non-hydrogen) atoms. The Kier molecular flexibility index (Phi) is 6.46. The highest BCUT2D eigenvalue weighted by Gasteiger charge is 2.30. The number of thiazole rings is 1. The zero-order valence-electron chi connectivity index (χ0n) is 17.6. The van der Waals surface area contributed by atoms with E-state index in [1.54, 1.807) is 0 Å². The van der Waals surface area contributed by atoms with E-state index < -0.39 is 0 Å². The minimum Gasteiger partial charge on any atom is -0.352 e. The van der Waals surface area contributed by atoms with E-state index in [4.69, 9.17) is 0 Å². The van der Waals surface area contributed by atoms with Crippen LogP contribution in [0.3, 0.4) is 0 Å². The van der Waals surface area contributed by atoms with Crippen LogP contribution in [0, 0.1) is 6.92 Å². The normalized spacial score (nSPS) is 18.7. The number of nitrogens with one attached hydrogen (secondary N) is 2. The summed E-state index contributed by atoms with van der Waals surface area (Å²) in [7, 11) is 0. The van der Waals surface area contributed by atoms with E-state index in [2.05, 4.69) is 44.5 Å². The van der Waals surface area contributed by atoms with Gasteiger partial charge in [0.2, 0.25) is 11.8 Å². The fourth-order valence-corrected chi connectivity index (χ4v) is 4.31. The monoisotopic (exact) mass is 427 g/mol. The molecule has 1 aliphatic carbocycles. The standard InChI is InChI=1S/C22H29N5O2S/c1-15-3-5-17(6-4-15)19-14-30-22(24-19)25-20(28)13-26-9-11-27(12-10-26)16(2)21(29)23-18-7-8-18/h3-6,14,16,18H,7-13H2,1-2H3,(H,23,29)(H,24,25,28). The topological polar surface area (TPSA) is 77.6 Å². The summed E-state index contributed by atoms with van der Waals surface area (Å²) in [5.41, 5.74) is 3.14. The Labute approximate surface area is 181 Å². The SMILES string of the molecule is Cc1ccc(-c2csc(NC(=O)CN3CCN(C(C)C(=O)NC4CC4)CC3)n2)cc1. The molecule has 2 aromatic rings. The maximum Gasteiger partial charge on any atom is 0.240 e. The number of hydrogen-bond acceptors (Lipinski definition) is 6. The lowest BCUT2D eigenvalue weighted by Crippen LogP contribution is -2.55. The first-order valence-corrected chi connectivity index (χ1v) is 11.4. The quantitative estimate of drug-likeness (QED) is 0.709. The molecular weight excluding hydrogens is 398 g/mol. The fraction of sp³-hybridized carbons (Fsp3) is 0.500. The van der Waals surface area contributed by atoms with Gasteiger partial charge in [-0.1, -0.05) is 29.8 Å². The van der Waals surface area contributed by atoms with Gasteiger partial charge in [-0.2, -0.15) is 0 Å². The van der Waals surface area contributed by atoms with Crippen LogP contribution in [0.15, 0.2) is 29.6 Å². The van der Waals surface area contributed by atoms with Crippen molar-refractivity contribution in [1.82, 2.24) is 20.1 Å². The molecule has 1 saturated carbocycles. The van der Waals surface area contributed by atoms with Crippen LogP contribution in [0.5, 0.6) is 0 Å². The summed E-state index contributed by atoms with van der Waals surface area (Å²) >= 11 is 1.44. The second kappa shape index (κ2) is 9.24. The van der Waals surface area contributed by atoms with Gasteiger partial charge in [-0.25, -0.2) is 4.98 Å². The van der Waals surface area contributed by atoms with Crippen molar-refractivity contribution in [3.8, 4) is 11.3 Å². The van der Waals surface area contributed by atoms with Crippen LogP contribution in [0.25, 0.3) is 11.3 Å². The Morgan fingerprint density at radius 1 is 1.17 bits per heavy atom. The molecule has 2 heterocycles. The van der Waals surface area contributed by atoms with Crippen LogP contribution in [-0.4, -0.2) is 71.4 Å². The lowest BCUT2D eigenvalue weighted by Gasteiger charge is -2.37. The van der Waals surface area contributed by atoms with Gasteiger partial charge in [0.15, 0.2) is 5.13 Å². The van der Waals surface area contributed by atoms with Crippen molar-refractivity contribution in [3.05, 3.63) is 35.2 Å². The predicted molar refractivity (Wildman–Crippen MR) is 120 cm³/mol. The van der Waals surface area contributed by atoms with Crippen molar-refractivity contribution in [2.24, 2.45) is 0 Å². The molecule has 7 nitrogen and oxygen atoms in total. The number of aromatic nitrogens is 1. The number of benzene rings is 1. The Balaban J connectivity index is 1.22. The van der Waals surface area contributed by atoms with Gasteiger partial charge in [-0.3, -0.25) is 19.4 Å². The Morgan fingerprint density at radius 3 is 2.53 bits per heavy atom. The summed E-state index contributed by atoms with van der Waals surface area (Å²) in [6.07, 6.45) is 2.21. The molecule has 4 rings (SSSR count). The second-order valence-corrected chi connectivity index (χ2v) is 9.08. The van der Waals surface area contributed by atoms with Gasteiger partial charge in [-0.05, 0) is 26.7 Å². The number of anilines is 1. The Hall–Kier alpha value is -2.29. The molecule has 2 N–H and O–H groups in total. The average molecular weight is 428 g/mol. The minimum absolute atomic E-state index is 0.0484. The van der Waals surface area contributed by atoms with Gasteiger partial charge in [0.25, 0.3) is 0 Å². The average Bonchev–Trinajstić information content (AvgIpc) is 3.43. The first-order valence-electron chi connectivity index (χ1n) is 10.6. The third-order valence-corrected chi connectivity index (χ3v) is 6.48. The molecule has 1 aromatic carbocycles. The highest BCUT2D eigenvalue weighted by molar-refractivity contribution is 7.14. The van der Waals surface area contributed by atoms with Gasteiger partial charge >= 0.3 is 0 Å². The molecule has 1 aliphatic heterocycles. The van der Waals surface area contributed by atoms with E-state index in [9.17, 15) is 9.59 Å². The number of hydrogen-bond donors (Lipinski definition) is 2. The van der Waals surface area contributed by atoms with E-state index >= 15 is 0 Å². The first kappa shape index (κ1) is 21.0. The number of carbonyl (C=O) groups is 2. The highest BCUT2D eigenvalue weighted by atomic mass is 32.1. The molecular formula is C22H29N5O2S. The molecule has 0 spiro atoms. The molecule has 2 amide bonds. The van der Waals surface area contributed by atoms with E-state index in [-0.39, 0.29) is 17.9 Å². The lowest BCUT2D eigenvalue weighted by atomic mass is 10.1. The molecule has 1 saturated heterocycles. The molecule has 1 aromatic heterocycles. The van der Waals surface area contributed by atoms with Crippen LogP contribution in [-0.2, 0) is 9.59 Å². The van der Waals surface area contributed by atoms with Crippen molar-refractivity contribution >= 4 is 28.3 Å². The summed E-state index contributed by atoms with van der Waals surface area (Å²) in [5, 5.41) is 8.58. The molecule has 2 aliphatic rings. The number of carbonyl (C=O) groups excluding carboxylic acids is 2. The number of rotatable bonds is 7. The van der Waals surface area contributed by atoms with Crippen molar-refractivity contribution in [2.45, 2.75) is 38.8 Å². The third kappa shape index (κ3) is 5.44. The summed E-state index contributed by atoms with van der Waals surface area (Å²) in [6.45, 7) is 7.51. The fourth-order valence-electron chi connectivity index (χ4n) is 3.57. The van der Waals surface area contributed by atoms with Crippen LogP contribution < -0.4 is 10.6 Å². The van der Waals surface area contributed by atoms with Crippen LogP contribution >= 0.6 is 11.3 Å². The van der Waals surface area contributed by atoms with Crippen molar-refractivity contribution in [2.75, 3.05) is 38.0 Å². The van der Waals surface area contributed by atoms with Gasteiger partial charge in [0.05, 0.1) is 18.3 Å². The minimum atomic E-state index is -0.114. The van der Waals surface area contributed by atoms with Gasteiger partial charge in [-0.15, -0.1) is 11.3 Å². The van der Waals surface area contributed by atoms with Gasteiger partial charge in [0.1, 0.15) is 0 Å². The van der Waals surface area contributed by atoms with Crippen LogP contribution in [0.4, 0.5) is 5.13 Å². The summed E-state index contributed by atoms with van der Waals surface area (Å²) in [6, 6.07) is 8.48. The Bertz CT molecular complexity index is 885.